The summed E-state index contributed by atoms with van der Waals surface area (Å²) in [5.74, 6) is 0.309. The highest BCUT2D eigenvalue weighted by atomic mass is 16.5. The summed E-state index contributed by atoms with van der Waals surface area (Å²) < 4.78 is 5.31. The van der Waals surface area contributed by atoms with Crippen molar-refractivity contribution >= 4 is 29.1 Å². The first-order valence-electron chi connectivity index (χ1n) is 7.51. The van der Waals surface area contributed by atoms with Crippen molar-refractivity contribution in [2.75, 3.05) is 29.1 Å². The van der Waals surface area contributed by atoms with Gasteiger partial charge in [-0.05, 0) is 43.2 Å². The Morgan fingerprint density at radius 1 is 1.33 bits per heavy atom. The van der Waals surface area contributed by atoms with E-state index in [4.69, 9.17) is 10.5 Å². The number of nitrogens with two attached hydrogens (primary N) is 1. The van der Waals surface area contributed by atoms with Gasteiger partial charge in [0.2, 0.25) is 5.91 Å². The maximum Gasteiger partial charge on any atom is 0.266 e. The Hall–Kier alpha value is -3.09. The predicted octanol–water partition coefficient (Wildman–Crippen LogP) is 1.64. The van der Waals surface area contributed by atoms with E-state index in [2.05, 4.69) is 10.3 Å². The lowest BCUT2D eigenvalue weighted by Gasteiger charge is -2.27. The second-order valence-corrected chi connectivity index (χ2v) is 5.69. The zero-order chi connectivity index (χ0) is 17.3. The van der Waals surface area contributed by atoms with Gasteiger partial charge in [-0.15, -0.1) is 0 Å². The summed E-state index contributed by atoms with van der Waals surface area (Å²) in [5.41, 5.74) is 8.39. The molecular weight excluding hydrogens is 308 g/mol. The van der Waals surface area contributed by atoms with Crippen LogP contribution in [0, 0.1) is 13.8 Å². The number of pyridine rings is 1. The first-order valence-corrected chi connectivity index (χ1v) is 7.51. The fourth-order valence-corrected chi connectivity index (χ4v) is 2.46. The van der Waals surface area contributed by atoms with E-state index < -0.39 is 0 Å². The Bertz CT molecular complexity index is 819. The van der Waals surface area contributed by atoms with Crippen LogP contribution in [0.2, 0.25) is 0 Å². The Morgan fingerprint density at radius 2 is 2.12 bits per heavy atom. The van der Waals surface area contributed by atoms with Crippen molar-refractivity contribution in [1.82, 2.24) is 4.98 Å². The Labute approximate surface area is 139 Å². The molecule has 124 valence electrons. The van der Waals surface area contributed by atoms with E-state index in [0.29, 0.717) is 5.75 Å². The molecule has 2 amide bonds. The minimum atomic E-state index is -0.336. The molecule has 2 aromatic rings. The van der Waals surface area contributed by atoms with Crippen LogP contribution in [0.5, 0.6) is 5.75 Å². The van der Waals surface area contributed by atoms with E-state index in [9.17, 15) is 9.59 Å². The smallest absolute Gasteiger partial charge is 0.266 e. The Morgan fingerprint density at radius 3 is 2.92 bits per heavy atom. The molecule has 0 fully saturated rings. The number of carbonyl (C=O) groups excluding carboxylic acids is 2. The van der Waals surface area contributed by atoms with E-state index in [1.807, 2.05) is 32.0 Å². The highest BCUT2D eigenvalue weighted by Crippen LogP contribution is 2.30. The third-order valence-electron chi connectivity index (χ3n) is 3.74. The topological polar surface area (TPSA) is 97.5 Å². The number of hydrogen-bond acceptors (Lipinski definition) is 5. The van der Waals surface area contributed by atoms with Crippen molar-refractivity contribution in [3.05, 3.63) is 41.5 Å². The van der Waals surface area contributed by atoms with Crippen LogP contribution in [0.15, 0.2) is 30.3 Å². The lowest BCUT2D eigenvalue weighted by Crippen LogP contribution is -2.44. The van der Waals surface area contributed by atoms with Gasteiger partial charge in [0, 0.05) is 5.69 Å². The van der Waals surface area contributed by atoms with Crippen LogP contribution in [-0.4, -0.2) is 29.9 Å². The third kappa shape index (κ3) is 3.15. The molecule has 3 N–H and O–H groups in total. The van der Waals surface area contributed by atoms with Crippen molar-refractivity contribution in [3.8, 4) is 5.75 Å². The first-order chi connectivity index (χ1) is 11.4. The summed E-state index contributed by atoms with van der Waals surface area (Å²) in [4.78, 5) is 29.9. The summed E-state index contributed by atoms with van der Waals surface area (Å²) in [6.45, 7) is 3.57. The maximum atomic E-state index is 12.4. The fourth-order valence-electron chi connectivity index (χ4n) is 2.46. The molecule has 0 saturated carbocycles. The summed E-state index contributed by atoms with van der Waals surface area (Å²) >= 11 is 0. The standard InChI is InChI=1S/C17H18N4O3/c1-10-3-4-11(2)12(7-10)19-15(22)8-21-16(23)9-24-13-5-6-14(18)20-17(13)21/h3-7H,8-9H2,1-2H3,(H2,18,20)(H,19,22). The molecule has 24 heavy (non-hydrogen) atoms. The van der Waals surface area contributed by atoms with Gasteiger partial charge in [0.1, 0.15) is 12.4 Å². The number of nitrogens with one attached hydrogen (secondary N) is 1. The summed E-state index contributed by atoms with van der Waals surface area (Å²) in [7, 11) is 0. The Kier molecular flexibility index (Phi) is 4.07. The molecule has 2 heterocycles. The lowest BCUT2D eigenvalue weighted by atomic mass is 10.1. The number of amides is 2. The monoisotopic (exact) mass is 326 g/mol. The highest BCUT2D eigenvalue weighted by molar-refractivity contribution is 6.04. The molecule has 0 spiro atoms. The number of aromatic nitrogens is 1. The van der Waals surface area contributed by atoms with E-state index in [1.54, 1.807) is 12.1 Å². The van der Waals surface area contributed by atoms with Gasteiger partial charge in [-0.25, -0.2) is 4.98 Å². The number of fused-ring (bicyclic) bond motifs is 1. The van der Waals surface area contributed by atoms with Gasteiger partial charge >= 0.3 is 0 Å². The average molecular weight is 326 g/mol. The molecule has 1 aliphatic rings. The number of benzene rings is 1. The van der Waals surface area contributed by atoms with Crippen LogP contribution >= 0.6 is 0 Å². The van der Waals surface area contributed by atoms with Gasteiger partial charge < -0.3 is 15.8 Å². The molecule has 1 aliphatic heterocycles. The summed E-state index contributed by atoms with van der Waals surface area (Å²) in [5, 5.41) is 2.83. The molecular formula is C17H18N4O3. The van der Waals surface area contributed by atoms with Crippen molar-refractivity contribution in [3.63, 3.8) is 0 Å². The zero-order valence-corrected chi connectivity index (χ0v) is 13.5. The van der Waals surface area contributed by atoms with Gasteiger partial charge in [0.15, 0.2) is 18.2 Å². The van der Waals surface area contributed by atoms with Crippen LogP contribution < -0.4 is 20.7 Å². The normalized spacial score (nSPS) is 13.2. The van der Waals surface area contributed by atoms with E-state index >= 15 is 0 Å². The molecule has 0 atom stereocenters. The van der Waals surface area contributed by atoms with Gasteiger partial charge in [-0.3, -0.25) is 14.5 Å². The van der Waals surface area contributed by atoms with Gasteiger partial charge in [-0.1, -0.05) is 12.1 Å². The van der Waals surface area contributed by atoms with Gasteiger partial charge in [0.25, 0.3) is 5.91 Å². The highest BCUT2D eigenvalue weighted by Gasteiger charge is 2.29. The van der Waals surface area contributed by atoms with Crippen molar-refractivity contribution in [2.24, 2.45) is 0 Å². The lowest BCUT2D eigenvalue weighted by molar-refractivity contribution is -0.123. The molecule has 7 heteroatoms. The van der Waals surface area contributed by atoms with Crippen molar-refractivity contribution < 1.29 is 14.3 Å². The predicted molar refractivity (Wildman–Crippen MR) is 91.0 cm³/mol. The molecule has 0 unspecified atom stereocenters. The number of nitrogens with zero attached hydrogens (tertiary/aromatic N) is 2. The largest absolute Gasteiger partial charge is 0.480 e. The van der Waals surface area contributed by atoms with Crippen molar-refractivity contribution in [2.45, 2.75) is 13.8 Å². The number of carbonyl (C=O) groups is 2. The van der Waals surface area contributed by atoms with E-state index in [-0.39, 0.29) is 36.6 Å². The summed E-state index contributed by atoms with van der Waals surface area (Å²) in [6, 6.07) is 9.02. The number of rotatable bonds is 3. The minimum absolute atomic E-state index is 0.130. The number of hydrogen-bond donors (Lipinski definition) is 2. The zero-order valence-electron chi connectivity index (χ0n) is 13.5. The molecule has 0 bridgehead atoms. The molecule has 1 aromatic carbocycles. The van der Waals surface area contributed by atoms with Crippen LogP contribution in [-0.2, 0) is 9.59 Å². The SMILES string of the molecule is Cc1ccc(C)c(NC(=O)CN2C(=O)COc3ccc(N)nc32)c1. The number of nitrogen functional groups attached to an aromatic ring is 1. The molecule has 3 rings (SSSR count). The second kappa shape index (κ2) is 6.19. The number of aryl methyl sites for hydroxylation is 2. The van der Waals surface area contributed by atoms with E-state index in [0.717, 1.165) is 16.8 Å². The molecule has 7 nitrogen and oxygen atoms in total. The average Bonchev–Trinajstić information content (AvgIpc) is 2.54. The first kappa shape index (κ1) is 15.8. The molecule has 0 radical (unpaired) electrons. The van der Waals surface area contributed by atoms with E-state index in [1.165, 1.54) is 4.90 Å². The van der Waals surface area contributed by atoms with Gasteiger partial charge in [0.05, 0.1) is 0 Å². The maximum absolute atomic E-state index is 12.4. The van der Waals surface area contributed by atoms with Crippen LogP contribution in [0.1, 0.15) is 11.1 Å². The van der Waals surface area contributed by atoms with Crippen LogP contribution in [0.4, 0.5) is 17.3 Å². The third-order valence-corrected chi connectivity index (χ3v) is 3.74. The number of ether oxygens (including phenoxy) is 1. The second-order valence-electron chi connectivity index (χ2n) is 5.69. The van der Waals surface area contributed by atoms with Crippen molar-refractivity contribution in [1.29, 1.82) is 0 Å². The number of anilines is 3. The van der Waals surface area contributed by atoms with Crippen LogP contribution in [0.25, 0.3) is 0 Å². The van der Waals surface area contributed by atoms with Gasteiger partial charge in [-0.2, -0.15) is 0 Å². The quantitative estimate of drug-likeness (QED) is 0.893. The molecule has 0 saturated heterocycles. The fraction of sp³-hybridized carbons (Fsp3) is 0.235. The van der Waals surface area contributed by atoms with Crippen LogP contribution in [0.3, 0.4) is 0 Å². The molecule has 0 aliphatic carbocycles. The summed E-state index contributed by atoms with van der Waals surface area (Å²) in [6.07, 6.45) is 0. The molecule has 1 aromatic heterocycles. The Balaban J connectivity index is 1.80. The minimum Gasteiger partial charge on any atom is -0.480 e.